The molecule has 2 N–H and O–H groups in total. The number of carbonyl (C=O) groups is 2. The van der Waals surface area contributed by atoms with Gasteiger partial charge in [-0.15, -0.1) is 0 Å². The number of nitrogens with one attached hydrogen (secondary N) is 2. The highest BCUT2D eigenvalue weighted by atomic mass is 35.5. The minimum absolute atomic E-state index is 0.207. The molecule has 4 aromatic carbocycles. The zero-order chi connectivity index (χ0) is 26.0. The maximum Gasteiger partial charge on any atom is 0.257 e. The van der Waals surface area contributed by atoms with Gasteiger partial charge in [0.15, 0.2) is 23.3 Å². The summed E-state index contributed by atoms with van der Waals surface area (Å²) in [6.45, 7) is 0. The van der Waals surface area contributed by atoms with Crippen molar-refractivity contribution in [2.45, 2.75) is 0 Å². The Labute approximate surface area is 212 Å². The van der Waals surface area contributed by atoms with Crippen LogP contribution in [-0.4, -0.2) is 11.8 Å². The molecule has 0 saturated heterocycles. The Morgan fingerprint density at radius 3 is 1.17 bits per heavy atom. The molecule has 0 atom stereocenters. The lowest BCUT2D eigenvalue weighted by atomic mass is 10.0. The molecule has 4 nitrogen and oxygen atoms in total. The number of hydrogen-bond acceptors (Lipinski definition) is 2. The molecule has 0 aliphatic heterocycles. The fourth-order valence-corrected chi connectivity index (χ4v) is 3.75. The number of carbonyl (C=O) groups excluding carboxylic acids is 2. The maximum atomic E-state index is 13.5. The molecule has 0 radical (unpaired) electrons. The highest BCUT2D eigenvalue weighted by molar-refractivity contribution is 6.35. The van der Waals surface area contributed by atoms with Crippen LogP contribution in [0.4, 0.5) is 28.9 Å². The second-order valence-corrected chi connectivity index (χ2v) is 8.37. The highest BCUT2D eigenvalue weighted by Gasteiger charge is 2.16. The van der Waals surface area contributed by atoms with Crippen molar-refractivity contribution in [3.05, 3.63) is 117 Å². The van der Waals surface area contributed by atoms with Crippen LogP contribution in [-0.2, 0) is 0 Å². The first kappa shape index (κ1) is 25.2. The smallest absolute Gasteiger partial charge is 0.257 e. The van der Waals surface area contributed by atoms with Crippen molar-refractivity contribution >= 4 is 46.4 Å². The summed E-state index contributed by atoms with van der Waals surface area (Å²) in [4.78, 5) is 24.7. The molecule has 0 bridgehead atoms. The third-order valence-electron chi connectivity index (χ3n) is 5.13. The minimum atomic E-state index is -1.19. The van der Waals surface area contributed by atoms with Gasteiger partial charge in [0.1, 0.15) is 0 Å². The van der Waals surface area contributed by atoms with Crippen LogP contribution in [0.3, 0.4) is 0 Å². The second kappa shape index (κ2) is 10.4. The van der Waals surface area contributed by atoms with Crippen LogP contribution in [0.5, 0.6) is 0 Å². The van der Waals surface area contributed by atoms with Crippen LogP contribution in [0.2, 0.25) is 10.0 Å². The standard InChI is InChI=1S/C26H14Cl2F4N2O2/c27-19-11-23(31)21(29)9-17(19)25(35)33-15-5-1-13(2-6-15)14-3-7-16(8-4-14)34-26(36)18-10-22(30)24(32)12-20(18)28/h1-12H,(H,33,35)(H,34,36). The summed E-state index contributed by atoms with van der Waals surface area (Å²) in [5.41, 5.74) is 1.94. The number of anilines is 2. The average molecular weight is 533 g/mol. The van der Waals surface area contributed by atoms with E-state index in [0.29, 0.717) is 11.4 Å². The lowest BCUT2D eigenvalue weighted by Crippen LogP contribution is -2.13. The van der Waals surface area contributed by atoms with Crippen LogP contribution in [0.25, 0.3) is 11.1 Å². The monoisotopic (exact) mass is 532 g/mol. The van der Waals surface area contributed by atoms with Crippen molar-refractivity contribution in [1.29, 1.82) is 0 Å². The minimum Gasteiger partial charge on any atom is -0.322 e. The van der Waals surface area contributed by atoms with Crippen LogP contribution in [0.1, 0.15) is 20.7 Å². The molecule has 0 saturated carbocycles. The first-order chi connectivity index (χ1) is 17.1. The van der Waals surface area contributed by atoms with Gasteiger partial charge in [-0.05, 0) is 59.7 Å². The summed E-state index contributed by atoms with van der Waals surface area (Å²) >= 11 is 11.7. The van der Waals surface area contributed by atoms with Gasteiger partial charge in [-0.1, -0.05) is 47.5 Å². The summed E-state index contributed by atoms with van der Waals surface area (Å²) in [5, 5.41) is 4.68. The first-order valence-corrected chi connectivity index (χ1v) is 11.0. The van der Waals surface area contributed by atoms with Crippen molar-refractivity contribution in [3.8, 4) is 11.1 Å². The van der Waals surface area contributed by atoms with E-state index >= 15 is 0 Å². The Morgan fingerprint density at radius 2 is 0.833 bits per heavy atom. The largest absolute Gasteiger partial charge is 0.322 e. The number of halogens is 6. The molecule has 182 valence electrons. The quantitative estimate of drug-likeness (QED) is 0.204. The number of rotatable bonds is 5. The number of amides is 2. The summed E-state index contributed by atoms with van der Waals surface area (Å²) in [7, 11) is 0. The topological polar surface area (TPSA) is 58.2 Å². The molecule has 0 aliphatic rings. The molecule has 0 unspecified atom stereocenters. The lowest BCUT2D eigenvalue weighted by Gasteiger charge is -2.10. The molecule has 0 aromatic heterocycles. The molecule has 2 amide bonds. The summed E-state index contributed by atoms with van der Waals surface area (Å²) in [6, 6.07) is 16.2. The van der Waals surface area contributed by atoms with Gasteiger partial charge < -0.3 is 10.6 Å². The second-order valence-electron chi connectivity index (χ2n) is 7.56. The molecule has 0 spiro atoms. The molecule has 0 fully saturated rings. The van der Waals surface area contributed by atoms with Gasteiger partial charge in [0.25, 0.3) is 11.8 Å². The number of hydrogen-bond donors (Lipinski definition) is 2. The van der Waals surface area contributed by atoms with Crippen molar-refractivity contribution in [2.24, 2.45) is 0 Å². The normalized spacial score (nSPS) is 10.7. The van der Waals surface area contributed by atoms with Crippen LogP contribution < -0.4 is 10.6 Å². The Balaban J connectivity index is 1.43. The van der Waals surface area contributed by atoms with E-state index in [4.69, 9.17) is 23.2 Å². The van der Waals surface area contributed by atoms with Gasteiger partial charge in [0.05, 0.1) is 21.2 Å². The molecular formula is C26H14Cl2F4N2O2. The van der Waals surface area contributed by atoms with E-state index in [9.17, 15) is 27.2 Å². The molecular weight excluding hydrogens is 519 g/mol. The molecule has 0 heterocycles. The SMILES string of the molecule is O=C(Nc1ccc(-c2ccc(NC(=O)c3cc(F)c(F)cc3Cl)cc2)cc1)c1cc(F)c(F)cc1Cl. The van der Waals surface area contributed by atoms with E-state index in [1.165, 1.54) is 0 Å². The van der Waals surface area contributed by atoms with Gasteiger partial charge in [-0.3, -0.25) is 9.59 Å². The third-order valence-corrected chi connectivity index (χ3v) is 5.75. The molecule has 4 aromatic rings. The lowest BCUT2D eigenvalue weighted by molar-refractivity contribution is 0.101. The van der Waals surface area contributed by atoms with Crippen LogP contribution >= 0.6 is 23.2 Å². The Morgan fingerprint density at radius 1 is 0.528 bits per heavy atom. The summed E-state index contributed by atoms with van der Waals surface area (Å²) < 4.78 is 53.4. The highest BCUT2D eigenvalue weighted by Crippen LogP contribution is 2.26. The zero-order valence-corrected chi connectivity index (χ0v) is 19.5. The van der Waals surface area contributed by atoms with E-state index in [2.05, 4.69) is 10.6 Å². The van der Waals surface area contributed by atoms with Gasteiger partial charge in [0.2, 0.25) is 0 Å². The molecule has 10 heteroatoms. The van der Waals surface area contributed by atoms with Gasteiger partial charge in [-0.25, -0.2) is 17.6 Å². The zero-order valence-electron chi connectivity index (χ0n) is 18.0. The van der Waals surface area contributed by atoms with Crippen LogP contribution in [0, 0.1) is 23.3 Å². The molecule has 36 heavy (non-hydrogen) atoms. The van der Waals surface area contributed by atoms with Crippen molar-refractivity contribution in [2.75, 3.05) is 10.6 Å². The van der Waals surface area contributed by atoms with Crippen LogP contribution in [0.15, 0.2) is 72.8 Å². The van der Waals surface area contributed by atoms with Crippen molar-refractivity contribution in [1.82, 2.24) is 0 Å². The predicted molar refractivity (Wildman–Crippen MR) is 131 cm³/mol. The van der Waals surface area contributed by atoms with Gasteiger partial charge >= 0.3 is 0 Å². The van der Waals surface area contributed by atoms with E-state index in [0.717, 1.165) is 35.4 Å². The Hall–Kier alpha value is -3.88. The molecule has 0 aliphatic carbocycles. The fraction of sp³-hybridized carbons (Fsp3) is 0. The van der Waals surface area contributed by atoms with Crippen molar-refractivity contribution in [3.63, 3.8) is 0 Å². The Kier molecular flexibility index (Phi) is 7.28. The summed E-state index contributed by atoms with van der Waals surface area (Å²) in [5.74, 6) is -6.08. The first-order valence-electron chi connectivity index (χ1n) is 10.2. The van der Waals surface area contributed by atoms with Gasteiger partial charge in [0, 0.05) is 11.4 Å². The maximum absolute atomic E-state index is 13.5. The van der Waals surface area contributed by atoms with E-state index in [1.54, 1.807) is 48.5 Å². The average Bonchev–Trinajstić information content (AvgIpc) is 2.84. The van der Waals surface area contributed by atoms with Crippen molar-refractivity contribution < 1.29 is 27.2 Å². The van der Waals surface area contributed by atoms with E-state index in [-0.39, 0.29) is 21.2 Å². The van der Waals surface area contributed by atoms with E-state index in [1.807, 2.05) is 0 Å². The summed E-state index contributed by atoms with van der Waals surface area (Å²) in [6.07, 6.45) is 0. The van der Waals surface area contributed by atoms with E-state index < -0.39 is 35.1 Å². The third kappa shape index (κ3) is 5.50. The number of benzene rings is 4. The molecule has 4 rings (SSSR count). The fourth-order valence-electron chi connectivity index (χ4n) is 3.28. The predicted octanol–water partition coefficient (Wildman–Crippen LogP) is 7.72. The van der Waals surface area contributed by atoms with Gasteiger partial charge in [-0.2, -0.15) is 0 Å². The Bertz CT molecular complexity index is 1360.